The molecule has 0 aliphatic carbocycles. The molecule has 4 nitrogen and oxygen atoms in total. The van der Waals surface area contributed by atoms with Crippen molar-refractivity contribution in [2.24, 2.45) is 0 Å². The number of amides is 2. The Labute approximate surface area is 179 Å². The highest BCUT2D eigenvalue weighted by Crippen LogP contribution is 2.40. The summed E-state index contributed by atoms with van der Waals surface area (Å²) in [6.45, 7) is 2.81. The lowest BCUT2D eigenvalue weighted by Crippen LogP contribution is -2.27. The third-order valence-electron chi connectivity index (χ3n) is 5.21. The smallest absolute Gasteiger partial charge is 0.258 e. The van der Waals surface area contributed by atoms with Crippen LogP contribution in [0.25, 0.3) is 10.8 Å². The first-order valence-corrected chi connectivity index (χ1v) is 11.1. The number of nitrogens with one attached hydrogen (secondary N) is 1. The number of benzene rings is 3. The molecule has 30 heavy (non-hydrogen) atoms. The Hall–Kier alpha value is -2.86. The van der Waals surface area contributed by atoms with E-state index in [1.807, 2.05) is 35.2 Å². The van der Waals surface area contributed by atoms with Gasteiger partial charge in [0.1, 0.15) is 5.82 Å². The summed E-state index contributed by atoms with van der Waals surface area (Å²) in [4.78, 5) is 28.1. The van der Waals surface area contributed by atoms with Crippen LogP contribution in [-0.2, 0) is 4.79 Å². The maximum Gasteiger partial charge on any atom is 0.258 e. The second-order valence-electron chi connectivity index (χ2n) is 7.27. The van der Waals surface area contributed by atoms with E-state index in [9.17, 15) is 14.0 Å². The summed E-state index contributed by atoms with van der Waals surface area (Å²) in [5.41, 5.74) is 2.34. The molecule has 2 amide bonds. The number of anilines is 2. The van der Waals surface area contributed by atoms with E-state index < -0.39 is 0 Å². The Kier molecular flexibility index (Phi) is 6.04. The first-order chi connectivity index (χ1) is 14.6. The molecule has 154 valence electrons. The van der Waals surface area contributed by atoms with Crippen LogP contribution in [0.5, 0.6) is 0 Å². The molecule has 1 N–H and O–H groups in total. The van der Waals surface area contributed by atoms with Gasteiger partial charge in [0.05, 0.1) is 5.69 Å². The first kappa shape index (κ1) is 20.4. The maximum atomic E-state index is 13.0. The first-order valence-electron chi connectivity index (χ1n) is 10.1. The van der Waals surface area contributed by atoms with Gasteiger partial charge in [0.2, 0.25) is 5.91 Å². The van der Waals surface area contributed by atoms with Gasteiger partial charge in [0.25, 0.3) is 5.91 Å². The van der Waals surface area contributed by atoms with Crippen molar-refractivity contribution >= 4 is 45.7 Å². The average molecular weight is 423 g/mol. The molecule has 0 aromatic heterocycles. The van der Waals surface area contributed by atoms with Gasteiger partial charge in [0, 0.05) is 45.6 Å². The van der Waals surface area contributed by atoms with E-state index >= 15 is 0 Å². The molecule has 0 fully saturated rings. The molecule has 0 radical (unpaired) electrons. The second-order valence-corrected chi connectivity index (χ2v) is 8.44. The van der Waals surface area contributed by atoms with Crippen molar-refractivity contribution in [2.75, 3.05) is 22.5 Å². The van der Waals surface area contributed by atoms with Gasteiger partial charge < -0.3 is 10.2 Å². The molecule has 1 aliphatic rings. The zero-order valence-corrected chi connectivity index (χ0v) is 17.6. The molecule has 1 aliphatic heterocycles. The highest BCUT2D eigenvalue weighted by atomic mass is 32.2. The zero-order chi connectivity index (χ0) is 21.1. The molecule has 0 unspecified atom stereocenters. The highest BCUT2D eigenvalue weighted by molar-refractivity contribution is 7.99. The Morgan fingerprint density at radius 1 is 1.10 bits per heavy atom. The minimum atomic E-state index is -0.268. The summed E-state index contributed by atoms with van der Waals surface area (Å²) in [6.07, 6.45) is 2.31. The number of unbranched alkanes of at least 4 members (excludes halogenated alkanes) is 1. The molecular formula is C24H23FN2O2S. The molecular weight excluding hydrogens is 399 g/mol. The van der Waals surface area contributed by atoms with Gasteiger partial charge in [-0.05, 0) is 48.9 Å². The fourth-order valence-electron chi connectivity index (χ4n) is 3.70. The summed E-state index contributed by atoms with van der Waals surface area (Å²) in [6, 6.07) is 15.7. The quantitative estimate of drug-likeness (QED) is 0.463. The Morgan fingerprint density at radius 2 is 1.90 bits per heavy atom. The molecule has 0 atom stereocenters. The normalized spacial score (nSPS) is 12.6. The molecule has 4 rings (SSSR count). The molecule has 0 saturated heterocycles. The van der Waals surface area contributed by atoms with Crippen LogP contribution in [-0.4, -0.2) is 24.1 Å². The molecule has 0 saturated carbocycles. The van der Waals surface area contributed by atoms with E-state index in [-0.39, 0.29) is 17.6 Å². The van der Waals surface area contributed by atoms with E-state index in [0.29, 0.717) is 24.3 Å². The van der Waals surface area contributed by atoms with Gasteiger partial charge in [-0.25, -0.2) is 4.39 Å². The topological polar surface area (TPSA) is 49.4 Å². The molecule has 3 aromatic carbocycles. The van der Waals surface area contributed by atoms with E-state index in [2.05, 4.69) is 12.2 Å². The third-order valence-corrected chi connectivity index (χ3v) is 6.22. The van der Waals surface area contributed by atoms with Crippen LogP contribution in [0, 0.1) is 5.82 Å². The summed E-state index contributed by atoms with van der Waals surface area (Å²) in [7, 11) is 0. The van der Waals surface area contributed by atoms with Crippen molar-refractivity contribution in [3.05, 3.63) is 66.0 Å². The van der Waals surface area contributed by atoms with Gasteiger partial charge in [-0.2, -0.15) is 0 Å². The van der Waals surface area contributed by atoms with Crippen molar-refractivity contribution in [1.29, 1.82) is 0 Å². The second kappa shape index (κ2) is 8.88. The number of hydrogen-bond acceptors (Lipinski definition) is 3. The number of halogens is 1. The molecule has 0 spiro atoms. The SMILES string of the molecule is CCCCN1C(=O)c2cccc3c(NC(=O)CCSc4ccc(F)cc4)ccc1c23. The molecule has 0 bridgehead atoms. The minimum absolute atomic E-state index is 0.0308. The van der Waals surface area contributed by atoms with Crippen molar-refractivity contribution in [3.63, 3.8) is 0 Å². The van der Waals surface area contributed by atoms with E-state index in [1.165, 1.54) is 23.9 Å². The number of rotatable bonds is 8. The Morgan fingerprint density at radius 3 is 2.67 bits per heavy atom. The lowest BCUT2D eigenvalue weighted by Gasteiger charge is -2.17. The van der Waals surface area contributed by atoms with Crippen LogP contribution in [0.15, 0.2) is 59.5 Å². The van der Waals surface area contributed by atoms with Crippen LogP contribution in [0.4, 0.5) is 15.8 Å². The molecule has 6 heteroatoms. The monoisotopic (exact) mass is 422 g/mol. The third kappa shape index (κ3) is 4.05. The fourth-order valence-corrected chi connectivity index (χ4v) is 4.55. The highest BCUT2D eigenvalue weighted by Gasteiger charge is 2.30. The largest absolute Gasteiger partial charge is 0.325 e. The van der Waals surface area contributed by atoms with Crippen molar-refractivity contribution in [3.8, 4) is 0 Å². The van der Waals surface area contributed by atoms with Crippen molar-refractivity contribution < 1.29 is 14.0 Å². The van der Waals surface area contributed by atoms with E-state index in [1.54, 1.807) is 12.1 Å². The number of thioether (sulfide) groups is 1. The van der Waals surface area contributed by atoms with Crippen LogP contribution in [0.2, 0.25) is 0 Å². The number of carbonyl (C=O) groups excluding carboxylic acids is 2. The maximum absolute atomic E-state index is 13.0. The van der Waals surface area contributed by atoms with Crippen LogP contribution >= 0.6 is 11.8 Å². The number of carbonyl (C=O) groups is 2. The van der Waals surface area contributed by atoms with Gasteiger partial charge >= 0.3 is 0 Å². The predicted molar refractivity (Wildman–Crippen MR) is 121 cm³/mol. The van der Waals surface area contributed by atoms with E-state index in [4.69, 9.17) is 0 Å². The summed E-state index contributed by atoms with van der Waals surface area (Å²) < 4.78 is 13.0. The fraction of sp³-hybridized carbons (Fsp3) is 0.250. The van der Waals surface area contributed by atoms with Gasteiger partial charge in [-0.15, -0.1) is 11.8 Å². The summed E-state index contributed by atoms with van der Waals surface area (Å²) in [5, 5.41) is 4.79. The predicted octanol–water partition coefficient (Wildman–Crippen LogP) is 5.86. The summed E-state index contributed by atoms with van der Waals surface area (Å²) in [5.74, 6) is 0.277. The Bertz CT molecular complexity index is 1100. The lowest BCUT2D eigenvalue weighted by atomic mass is 10.0. The van der Waals surface area contributed by atoms with E-state index in [0.717, 1.165) is 39.9 Å². The van der Waals surface area contributed by atoms with Gasteiger partial charge in [-0.3, -0.25) is 9.59 Å². The Balaban J connectivity index is 1.47. The standard InChI is InChI=1S/C24H23FN2O2S/c1-2-3-14-27-21-12-11-20(18-5-4-6-19(23(18)21)24(27)29)26-22(28)13-15-30-17-9-7-16(25)8-10-17/h4-12H,2-3,13-15H2,1H3,(H,26,28). The average Bonchev–Trinajstić information content (AvgIpc) is 3.02. The van der Waals surface area contributed by atoms with Gasteiger partial charge in [0.15, 0.2) is 0 Å². The van der Waals surface area contributed by atoms with Crippen LogP contribution in [0.1, 0.15) is 36.5 Å². The molecule has 1 heterocycles. The number of nitrogens with zero attached hydrogens (tertiary/aromatic N) is 1. The zero-order valence-electron chi connectivity index (χ0n) is 16.8. The summed E-state index contributed by atoms with van der Waals surface area (Å²) >= 11 is 1.52. The van der Waals surface area contributed by atoms with Crippen molar-refractivity contribution in [1.82, 2.24) is 0 Å². The number of hydrogen-bond donors (Lipinski definition) is 1. The van der Waals surface area contributed by atoms with Crippen molar-refractivity contribution in [2.45, 2.75) is 31.1 Å². The minimum Gasteiger partial charge on any atom is -0.325 e. The van der Waals surface area contributed by atoms with Crippen LogP contribution in [0.3, 0.4) is 0 Å². The lowest BCUT2D eigenvalue weighted by molar-refractivity contribution is -0.115. The molecule has 3 aromatic rings. The van der Waals surface area contributed by atoms with Crippen LogP contribution < -0.4 is 10.2 Å². The van der Waals surface area contributed by atoms with Gasteiger partial charge in [-0.1, -0.05) is 25.5 Å².